The second-order valence-corrected chi connectivity index (χ2v) is 8.75. The molecule has 1 aliphatic carbocycles. The first-order chi connectivity index (χ1) is 13.9. The maximum absolute atomic E-state index is 2.31. The molecule has 0 bridgehead atoms. The lowest BCUT2D eigenvalue weighted by molar-refractivity contribution is 1.29. The van der Waals surface area contributed by atoms with Crippen LogP contribution in [0.5, 0.6) is 0 Å². The van der Waals surface area contributed by atoms with E-state index in [2.05, 4.69) is 84.9 Å². The van der Waals surface area contributed by atoms with Crippen LogP contribution >= 0.6 is 11.3 Å². The van der Waals surface area contributed by atoms with Gasteiger partial charge in [0.15, 0.2) is 0 Å². The summed E-state index contributed by atoms with van der Waals surface area (Å²) in [4.78, 5) is 0. The molecule has 1 aliphatic rings. The van der Waals surface area contributed by atoms with Gasteiger partial charge in [0, 0.05) is 25.6 Å². The molecule has 0 atom stereocenters. The number of hydrogen-bond donors (Lipinski definition) is 0. The van der Waals surface area contributed by atoms with Crippen LogP contribution in [0.4, 0.5) is 0 Å². The monoisotopic (exact) mass is 372 g/mol. The van der Waals surface area contributed by atoms with Gasteiger partial charge in [-0.25, -0.2) is 0 Å². The summed E-state index contributed by atoms with van der Waals surface area (Å²) in [6, 6.07) is 31.3. The van der Waals surface area contributed by atoms with E-state index in [1.165, 1.54) is 64.0 Å². The van der Waals surface area contributed by atoms with Gasteiger partial charge < -0.3 is 0 Å². The Kier molecular flexibility index (Phi) is 2.76. The van der Waals surface area contributed by atoms with Crippen LogP contribution in [0.2, 0.25) is 0 Å². The molecule has 1 heterocycles. The lowest BCUT2D eigenvalue weighted by atomic mass is 9.93. The predicted octanol–water partition coefficient (Wildman–Crippen LogP) is 7.93. The molecule has 0 unspecified atom stereocenters. The normalized spacial score (nSPS) is 12.9. The summed E-state index contributed by atoms with van der Waals surface area (Å²) in [5, 5.41) is 8.39. The summed E-state index contributed by atoms with van der Waals surface area (Å²) in [7, 11) is 0. The molecule has 1 aromatic heterocycles. The summed E-state index contributed by atoms with van der Waals surface area (Å²) in [5.41, 5.74) is 5.83. The summed E-state index contributed by atoms with van der Waals surface area (Å²) < 4.78 is 2.83. The Morgan fingerprint density at radius 2 is 1.36 bits per heavy atom. The van der Waals surface area contributed by atoms with Crippen molar-refractivity contribution >= 4 is 53.1 Å². The Hall–Kier alpha value is -3.16. The second kappa shape index (κ2) is 5.21. The molecule has 7 rings (SSSR count). The van der Waals surface area contributed by atoms with Crippen molar-refractivity contribution in [3.8, 4) is 11.1 Å². The SMILES string of the molecule is c1ccc2c(c1)Cc1c-2c2ccccc2c2sc3ccc4ccccc4c3c12. The lowest BCUT2D eigenvalue weighted by Crippen LogP contribution is -1.86. The molecule has 1 heteroatoms. The molecule has 0 saturated heterocycles. The molecule has 0 radical (unpaired) electrons. The summed E-state index contributed by atoms with van der Waals surface area (Å²) >= 11 is 1.95. The topological polar surface area (TPSA) is 0 Å². The fourth-order valence-corrected chi connectivity index (χ4v) is 6.41. The van der Waals surface area contributed by atoms with Gasteiger partial charge in [0.2, 0.25) is 0 Å². The van der Waals surface area contributed by atoms with Gasteiger partial charge in [0.25, 0.3) is 0 Å². The third kappa shape index (κ3) is 1.75. The molecule has 0 fully saturated rings. The number of thiophene rings is 1. The summed E-state index contributed by atoms with van der Waals surface area (Å²) in [6.07, 6.45) is 1.03. The zero-order chi connectivity index (χ0) is 18.2. The van der Waals surface area contributed by atoms with Gasteiger partial charge in [-0.2, -0.15) is 0 Å². The lowest BCUT2D eigenvalue weighted by Gasteiger charge is -2.10. The summed E-state index contributed by atoms with van der Waals surface area (Å²) in [5.74, 6) is 0. The van der Waals surface area contributed by atoms with E-state index in [9.17, 15) is 0 Å². The predicted molar refractivity (Wildman–Crippen MR) is 123 cm³/mol. The minimum atomic E-state index is 1.03. The highest BCUT2D eigenvalue weighted by Crippen LogP contribution is 2.51. The minimum absolute atomic E-state index is 1.03. The molecule has 130 valence electrons. The third-order valence-electron chi connectivity index (χ3n) is 6.28. The van der Waals surface area contributed by atoms with Crippen LogP contribution < -0.4 is 0 Å². The second-order valence-electron chi connectivity index (χ2n) is 7.70. The number of benzene rings is 5. The Labute approximate surface area is 166 Å². The van der Waals surface area contributed by atoms with Crippen LogP contribution in [-0.4, -0.2) is 0 Å². The first kappa shape index (κ1) is 14.8. The molecule has 0 spiro atoms. The Morgan fingerprint density at radius 1 is 0.607 bits per heavy atom. The smallest absolute Gasteiger partial charge is 0.0437 e. The Bertz CT molecular complexity index is 1580. The molecule has 0 N–H and O–H groups in total. The van der Waals surface area contributed by atoms with Gasteiger partial charge in [0.05, 0.1) is 0 Å². The van der Waals surface area contributed by atoms with Gasteiger partial charge in [-0.3, -0.25) is 0 Å². The van der Waals surface area contributed by atoms with Crippen molar-refractivity contribution in [3.05, 3.63) is 96.1 Å². The number of fused-ring (bicyclic) bond motifs is 12. The highest BCUT2D eigenvalue weighted by Gasteiger charge is 2.26. The van der Waals surface area contributed by atoms with E-state index in [-0.39, 0.29) is 0 Å². The van der Waals surface area contributed by atoms with Crippen LogP contribution in [0.1, 0.15) is 11.1 Å². The van der Waals surface area contributed by atoms with Crippen LogP contribution in [0, 0.1) is 0 Å². The average molecular weight is 372 g/mol. The van der Waals surface area contributed by atoms with E-state index in [1.54, 1.807) is 0 Å². The molecule has 28 heavy (non-hydrogen) atoms. The van der Waals surface area contributed by atoms with E-state index >= 15 is 0 Å². The van der Waals surface area contributed by atoms with Crippen molar-refractivity contribution in [3.63, 3.8) is 0 Å². The van der Waals surface area contributed by atoms with E-state index in [0.717, 1.165) is 6.42 Å². The van der Waals surface area contributed by atoms with Gasteiger partial charge >= 0.3 is 0 Å². The number of rotatable bonds is 0. The maximum Gasteiger partial charge on any atom is 0.0437 e. The van der Waals surface area contributed by atoms with Crippen molar-refractivity contribution < 1.29 is 0 Å². The fourth-order valence-electron chi connectivity index (χ4n) is 5.13. The highest BCUT2D eigenvalue weighted by molar-refractivity contribution is 7.27. The van der Waals surface area contributed by atoms with E-state index in [4.69, 9.17) is 0 Å². The fraction of sp³-hybridized carbons (Fsp3) is 0.0370. The van der Waals surface area contributed by atoms with Crippen molar-refractivity contribution in [2.24, 2.45) is 0 Å². The minimum Gasteiger partial charge on any atom is -0.134 e. The molecule has 5 aromatic carbocycles. The van der Waals surface area contributed by atoms with Crippen LogP contribution in [0.15, 0.2) is 84.9 Å². The zero-order valence-corrected chi connectivity index (χ0v) is 16.0. The van der Waals surface area contributed by atoms with Crippen molar-refractivity contribution in [1.29, 1.82) is 0 Å². The van der Waals surface area contributed by atoms with Gasteiger partial charge in [-0.1, -0.05) is 78.9 Å². The molecular formula is C27H16S. The zero-order valence-electron chi connectivity index (χ0n) is 15.2. The molecular weight excluding hydrogens is 356 g/mol. The van der Waals surface area contributed by atoms with Gasteiger partial charge in [-0.15, -0.1) is 11.3 Å². The quantitative estimate of drug-likeness (QED) is 0.253. The Morgan fingerprint density at radius 3 is 2.29 bits per heavy atom. The largest absolute Gasteiger partial charge is 0.134 e. The molecule has 0 aliphatic heterocycles. The average Bonchev–Trinajstić information content (AvgIpc) is 3.33. The van der Waals surface area contributed by atoms with Crippen molar-refractivity contribution in [2.45, 2.75) is 6.42 Å². The van der Waals surface area contributed by atoms with E-state index in [0.29, 0.717) is 0 Å². The van der Waals surface area contributed by atoms with Crippen LogP contribution in [0.3, 0.4) is 0 Å². The van der Waals surface area contributed by atoms with Crippen molar-refractivity contribution in [1.82, 2.24) is 0 Å². The highest BCUT2D eigenvalue weighted by atomic mass is 32.1. The Balaban J connectivity index is 1.82. The standard InChI is InChI=1S/C27H16S/c1-3-9-18-16(7-1)13-14-23-25(18)26-22-15-17-8-2-4-10-19(17)24(22)20-11-5-6-12-21(20)27(26)28-23/h1-14H,15H2. The number of hydrogen-bond acceptors (Lipinski definition) is 1. The maximum atomic E-state index is 2.31. The first-order valence-electron chi connectivity index (χ1n) is 9.76. The summed E-state index contributed by atoms with van der Waals surface area (Å²) in [6.45, 7) is 0. The van der Waals surface area contributed by atoms with Gasteiger partial charge in [0.1, 0.15) is 0 Å². The molecule has 6 aromatic rings. The first-order valence-corrected chi connectivity index (χ1v) is 10.6. The van der Waals surface area contributed by atoms with E-state index in [1.807, 2.05) is 11.3 Å². The van der Waals surface area contributed by atoms with Crippen LogP contribution in [0.25, 0.3) is 52.8 Å². The molecule has 0 saturated carbocycles. The molecule has 0 nitrogen and oxygen atoms in total. The van der Waals surface area contributed by atoms with Gasteiger partial charge in [-0.05, 0) is 50.9 Å². The molecule has 0 amide bonds. The van der Waals surface area contributed by atoms with Crippen molar-refractivity contribution in [2.75, 3.05) is 0 Å². The third-order valence-corrected chi connectivity index (χ3v) is 7.47. The van der Waals surface area contributed by atoms with Crippen LogP contribution in [-0.2, 0) is 6.42 Å². The van der Waals surface area contributed by atoms with E-state index < -0.39 is 0 Å².